The van der Waals surface area contributed by atoms with Gasteiger partial charge in [0.15, 0.2) is 0 Å². The summed E-state index contributed by atoms with van der Waals surface area (Å²) >= 11 is 0. The molecule has 0 unspecified atom stereocenters. The number of rotatable bonds is 10. The highest BCUT2D eigenvalue weighted by molar-refractivity contribution is 5.28. The summed E-state index contributed by atoms with van der Waals surface area (Å²) in [6.07, 6.45) is 0.997. The van der Waals surface area contributed by atoms with Crippen molar-refractivity contribution in [3.8, 4) is 5.75 Å². The van der Waals surface area contributed by atoms with Crippen molar-refractivity contribution in [2.75, 3.05) is 6.54 Å². The minimum Gasteiger partial charge on any atom is -0.489 e. The molecule has 0 amide bonds. The van der Waals surface area contributed by atoms with Crippen LogP contribution in [0.2, 0.25) is 0 Å². The smallest absolute Gasteiger partial charge is 0.129 e. The molecule has 0 aromatic heterocycles. The number of halogens is 1. The van der Waals surface area contributed by atoms with Gasteiger partial charge in [0, 0.05) is 18.2 Å². The molecule has 0 aliphatic carbocycles. The maximum Gasteiger partial charge on any atom is 0.129 e. The van der Waals surface area contributed by atoms with Crippen molar-refractivity contribution in [3.63, 3.8) is 0 Å². The van der Waals surface area contributed by atoms with E-state index in [4.69, 9.17) is 4.74 Å². The molecule has 0 radical (unpaired) electrons. The lowest BCUT2D eigenvalue weighted by atomic mass is 10.0. The molecule has 0 bridgehead atoms. The third-order valence-electron chi connectivity index (χ3n) is 4.96. The molecule has 2 atom stereocenters. The molecule has 0 aliphatic rings. The minimum absolute atomic E-state index is 0.213. The second kappa shape index (κ2) is 10.7. The van der Waals surface area contributed by atoms with E-state index in [0.717, 1.165) is 24.2 Å². The van der Waals surface area contributed by atoms with Crippen LogP contribution in [0.5, 0.6) is 5.75 Å². The van der Waals surface area contributed by atoms with E-state index in [0.29, 0.717) is 18.7 Å². The zero-order valence-electron chi connectivity index (χ0n) is 16.7. The highest BCUT2D eigenvalue weighted by atomic mass is 19.1. The maximum atomic E-state index is 13.7. The van der Waals surface area contributed by atoms with Crippen LogP contribution in [0.3, 0.4) is 0 Å². The first kappa shape index (κ1) is 21.0. The monoisotopic (exact) mass is 393 g/mol. The first-order valence-corrected chi connectivity index (χ1v) is 10.0. The van der Waals surface area contributed by atoms with E-state index in [1.807, 2.05) is 42.5 Å². The van der Waals surface area contributed by atoms with E-state index in [2.05, 4.69) is 24.4 Å². The number of ether oxygens (including phenoxy) is 1. The van der Waals surface area contributed by atoms with E-state index in [-0.39, 0.29) is 11.9 Å². The number of hydrogen-bond donors (Lipinski definition) is 2. The Morgan fingerprint density at radius 3 is 2.31 bits per heavy atom. The van der Waals surface area contributed by atoms with Gasteiger partial charge in [-0.15, -0.1) is 0 Å². The Bertz CT molecular complexity index is 868. The average molecular weight is 394 g/mol. The molecule has 3 aromatic carbocycles. The lowest BCUT2D eigenvalue weighted by Crippen LogP contribution is -2.31. The van der Waals surface area contributed by atoms with Crippen LogP contribution in [0.15, 0.2) is 78.9 Å². The molecule has 0 heterocycles. The van der Waals surface area contributed by atoms with Gasteiger partial charge in [-0.3, -0.25) is 0 Å². The molecule has 4 heteroatoms. The number of aliphatic hydroxyl groups excluding tert-OH is 1. The van der Waals surface area contributed by atoms with Crippen LogP contribution in [-0.4, -0.2) is 17.7 Å². The average Bonchev–Trinajstić information content (AvgIpc) is 2.76. The summed E-state index contributed by atoms with van der Waals surface area (Å²) in [4.78, 5) is 0. The van der Waals surface area contributed by atoms with Gasteiger partial charge in [-0.05, 0) is 49.1 Å². The van der Waals surface area contributed by atoms with Crippen molar-refractivity contribution in [3.05, 3.63) is 101 Å². The molecule has 3 nitrogen and oxygen atoms in total. The summed E-state index contributed by atoms with van der Waals surface area (Å²) in [5, 5.41) is 13.5. The van der Waals surface area contributed by atoms with Crippen LogP contribution < -0.4 is 10.1 Å². The first-order chi connectivity index (χ1) is 14.1. The molecule has 152 valence electrons. The van der Waals surface area contributed by atoms with Crippen LogP contribution in [0.1, 0.15) is 36.1 Å². The summed E-state index contributed by atoms with van der Waals surface area (Å²) in [6, 6.07) is 24.8. The van der Waals surface area contributed by atoms with Gasteiger partial charge in [-0.2, -0.15) is 0 Å². The topological polar surface area (TPSA) is 41.5 Å². The minimum atomic E-state index is -0.848. The summed E-state index contributed by atoms with van der Waals surface area (Å²) in [6.45, 7) is 2.96. The quantitative estimate of drug-likeness (QED) is 0.506. The number of nitrogens with one attached hydrogen (secondary N) is 1. The van der Waals surface area contributed by atoms with E-state index in [9.17, 15) is 9.50 Å². The fraction of sp³-hybridized carbons (Fsp3) is 0.280. The Labute approximate surface area is 172 Å². The van der Waals surface area contributed by atoms with Crippen LogP contribution in [0, 0.1) is 5.82 Å². The van der Waals surface area contributed by atoms with Gasteiger partial charge in [0.1, 0.15) is 18.2 Å². The van der Waals surface area contributed by atoms with Gasteiger partial charge in [-0.25, -0.2) is 4.39 Å². The fourth-order valence-corrected chi connectivity index (χ4v) is 3.15. The van der Waals surface area contributed by atoms with Crippen LogP contribution in [-0.2, 0) is 13.0 Å². The van der Waals surface area contributed by atoms with Gasteiger partial charge in [0.2, 0.25) is 0 Å². The van der Waals surface area contributed by atoms with Gasteiger partial charge >= 0.3 is 0 Å². The SMILES string of the molecule is C[C@@H](CCc1ccc(OCc2ccccc2)cc1)NC[C@H](O)c1ccccc1F. The van der Waals surface area contributed by atoms with Crippen molar-refractivity contribution in [2.24, 2.45) is 0 Å². The second-order valence-corrected chi connectivity index (χ2v) is 7.30. The third kappa shape index (κ3) is 6.70. The summed E-state index contributed by atoms with van der Waals surface area (Å²) in [5.74, 6) is 0.487. The van der Waals surface area contributed by atoms with Crippen molar-refractivity contribution < 1.29 is 14.2 Å². The molecule has 29 heavy (non-hydrogen) atoms. The predicted octanol–water partition coefficient (Wildman–Crippen LogP) is 5.05. The molecule has 2 N–H and O–H groups in total. The Morgan fingerprint density at radius 2 is 1.59 bits per heavy atom. The van der Waals surface area contributed by atoms with Gasteiger partial charge < -0.3 is 15.2 Å². The van der Waals surface area contributed by atoms with E-state index in [1.165, 1.54) is 11.6 Å². The summed E-state index contributed by atoms with van der Waals surface area (Å²) in [7, 11) is 0. The molecule has 0 spiro atoms. The molecular formula is C25H28FNO2. The van der Waals surface area contributed by atoms with E-state index >= 15 is 0 Å². The molecule has 3 aromatic rings. The number of benzene rings is 3. The van der Waals surface area contributed by atoms with Gasteiger partial charge in [0.05, 0.1) is 6.10 Å². The van der Waals surface area contributed by atoms with Crippen molar-refractivity contribution in [1.29, 1.82) is 0 Å². The normalized spacial score (nSPS) is 13.1. The lowest BCUT2D eigenvalue weighted by Gasteiger charge is -2.18. The molecule has 3 rings (SSSR count). The second-order valence-electron chi connectivity index (χ2n) is 7.30. The van der Waals surface area contributed by atoms with Gasteiger partial charge in [0.25, 0.3) is 0 Å². The van der Waals surface area contributed by atoms with Crippen molar-refractivity contribution >= 4 is 0 Å². The van der Waals surface area contributed by atoms with Crippen molar-refractivity contribution in [2.45, 2.75) is 38.5 Å². The molecule has 0 saturated heterocycles. The van der Waals surface area contributed by atoms with E-state index in [1.54, 1.807) is 18.2 Å². The molecule has 0 fully saturated rings. The largest absolute Gasteiger partial charge is 0.489 e. The maximum absolute atomic E-state index is 13.7. The molecule has 0 saturated carbocycles. The highest BCUT2D eigenvalue weighted by Gasteiger charge is 2.13. The Balaban J connectivity index is 1.39. The lowest BCUT2D eigenvalue weighted by molar-refractivity contribution is 0.165. The Hall–Kier alpha value is -2.69. The number of aryl methyl sites for hydroxylation is 1. The number of hydrogen-bond acceptors (Lipinski definition) is 3. The van der Waals surface area contributed by atoms with Crippen molar-refractivity contribution in [1.82, 2.24) is 5.32 Å². The number of aliphatic hydroxyl groups is 1. The van der Waals surface area contributed by atoms with Crippen LogP contribution >= 0.6 is 0 Å². The van der Waals surface area contributed by atoms with Crippen LogP contribution in [0.25, 0.3) is 0 Å². The predicted molar refractivity (Wildman–Crippen MR) is 114 cm³/mol. The molecular weight excluding hydrogens is 365 g/mol. The fourth-order valence-electron chi connectivity index (χ4n) is 3.15. The highest BCUT2D eigenvalue weighted by Crippen LogP contribution is 2.17. The zero-order valence-corrected chi connectivity index (χ0v) is 16.7. The summed E-state index contributed by atoms with van der Waals surface area (Å²) < 4.78 is 19.5. The Kier molecular flexibility index (Phi) is 7.79. The molecule has 0 aliphatic heterocycles. The zero-order chi connectivity index (χ0) is 20.5. The Morgan fingerprint density at radius 1 is 0.897 bits per heavy atom. The summed E-state index contributed by atoms with van der Waals surface area (Å²) in [5.41, 5.74) is 2.72. The van der Waals surface area contributed by atoms with Crippen LogP contribution in [0.4, 0.5) is 4.39 Å². The van der Waals surface area contributed by atoms with E-state index < -0.39 is 6.10 Å². The third-order valence-corrected chi connectivity index (χ3v) is 4.96. The van der Waals surface area contributed by atoms with Gasteiger partial charge in [-0.1, -0.05) is 60.7 Å². The standard InChI is InChI=1S/C25H28FNO2/c1-19(27-17-25(28)23-9-5-6-10-24(23)26)11-12-20-13-15-22(16-14-20)29-18-21-7-3-2-4-8-21/h2-10,13-16,19,25,27-28H,11-12,17-18H2,1H3/t19-,25-/m0/s1. The first-order valence-electron chi connectivity index (χ1n) is 10.0.